The van der Waals surface area contributed by atoms with E-state index in [0.29, 0.717) is 12.6 Å². The molecule has 1 aromatic rings. The lowest BCUT2D eigenvalue weighted by Gasteiger charge is -2.32. The molecular weight excluding hydrogens is 240 g/mol. The molecule has 0 saturated heterocycles. The van der Waals surface area contributed by atoms with Crippen molar-refractivity contribution in [1.29, 1.82) is 0 Å². The van der Waals surface area contributed by atoms with Crippen LogP contribution in [-0.4, -0.2) is 24.5 Å². The zero-order valence-electron chi connectivity index (χ0n) is 12.5. The van der Waals surface area contributed by atoms with Gasteiger partial charge < -0.3 is 5.73 Å². The molecule has 0 aliphatic rings. The van der Waals surface area contributed by atoms with Crippen LogP contribution in [0, 0.1) is 19.8 Å². The molecule has 104 valence electrons. The minimum Gasteiger partial charge on any atom is -0.329 e. The predicted molar refractivity (Wildman–Crippen MR) is 82.3 cm³/mol. The number of hydrogen-bond donors (Lipinski definition) is 1. The number of likely N-dealkylation sites (N-methyl/N-ethyl adjacent to an activating group) is 1. The Hall–Kier alpha value is -0.380. The van der Waals surface area contributed by atoms with Gasteiger partial charge in [0, 0.05) is 28.9 Å². The van der Waals surface area contributed by atoms with Gasteiger partial charge in [0.2, 0.25) is 0 Å². The molecule has 0 aliphatic carbocycles. The molecule has 0 aliphatic heterocycles. The highest BCUT2D eigenvalue weighted by Gasteiger charge is 2.21. The second-order valence-corrected chi connectivity index (χ2v) is 6.68. The lowest BCUT2D eigenvalue weighted by atomic mass is 10.0. The summed E-state index contributed by atoms with van der Waals surface area (Å²) in [5.41, 5.74) is 7.47. The summed E-state index contributed by atoms with van der Waals surface area (Å²) >= 11 is 1.88. The Bertz CT molecular complexity index is 359. The van der Waals surface area contributed by atoms with Gasteiger partial charge in [0.15, 0.2) is 0 Å². The van der Waals surface area contributed by atoms with Crippen LogP contribution in [0.3, 0.4) is 0 Å². The number of hydrogen-bond acceptors (Lipinski definition) is 3. The van der Waals surface area contributed by atoms with Gasteiger partial charge in [-0.3, -0.25) is 4.90 Å². The van der Waals surface area contributed by atoms with E-state index >= 15 is 0 Å². The van der Waals surface area contributed by atoms with E-state index in [1.807, 2.05) is 11.3 Å². The minimum atomic E-state index is 0.383. The maximum Gasteiger partial charge on any atom is 0.0481 e. The first-order chi connectivity index (χ1) is 8.53. The molecule has 0 fully saturated rings. The van der Waals surface area contributed by atoms with Gasteiger partial charge in [-0.05, 0) is 37.9 Å². The van der Waals surface area contributed by atoms with Gasteiger partial charge in [-0.1, -0.05) is 27.2 Å². The second kappa shape index (κ2) is 7.27. The van der Waals surface area contributed by atoms with E-state index in [9.17, 15) is 0 Å². The molecule has 0 saturated carbocycles. The Labute approximate surface area is 116 Å². The Balaban J connectivity index is 2.89. The highest BCUT2D eigenvalue weighted by atomic mass is 32.1. The third-order valence-electron chi connectivity index (χ3n) is 3.75. The molecule has 18 heavy (non-hydrogen) atoms. The molecule has 2 unspecified atom stereocenters. The van der Waals surface area contributed by atoms with E-state index in [4.69, 9.17) is 5.73 Å². The number of aryl methyl sites for hydroxylation is 2. The van der Waals surface area contributed by atoms with Gasteiger partial charge in [-0.2, -0.15) is 0 Å². The average molecular weight is 268 g/mol. The highest BCUT2D eigenvalue weighted by Crippen LogP contribution is 2.30. The van der Waals surface area contributed by atoms with E-state index in [1.54, 1.807) is 0 Å². The van der Waals surface area contributed by atoms with Crippen LogP contribution in [0.1, 0.15) is 48.6 Å². The van der Waals surface area contributed by atoms with Crippen LogP contribution in [0.25, 0.3) is 0 Å². The van der Waals surface area contributed by atoms with Gasteiger partial charge in [0.25, 0.3) is 0 Å². The molecule has 0 amide bonds. The fourth-order valence-electron chi connectivity index (χ4n) is 2.46. The third kappa shape index (κ3) is 3.81. The van der Waals surface area contributed by atoms with Crippen molar-refractivity contribution in [3.63, 3.8) is 0 Å². The summed E-state index contributed by atoms with van der Waals surface area (Å²) in [6, 6.07) is 2.70. The molecular formula is C15H28N2S. The molecule has 2 nitrogen and oxygen atoms in total. The smallest absolute Gasteiger partial charge is 0.0481 e. The summed E-state index contributed by atoms with van der Waals surface area (Å²) in [4.78, 5) is 5.34. The van der Waals surface area contributed by atoms with Crippen molar-refractivity contribution in [1.82, 2.24) is 4.90 Å². The van der Waals surface area contributed by atoms with Crippen LogP contribution < -0.4 is 5.73 Å². The Morgan fingerprint density at radius 3 is 2.39 bits per heavy atom. The molecule has 1 rings (SSSR count). The molecule has 0 bridgehead atoms. The van der Waals surface area contributed by atoms with E-state index < -0.39 is 0 Å². The zero-order valence-corrected chi connectivity index (χ0v) is 13.3. The first-order valence-electron chi connectivity index (χ1n) is 7.04. The van der Waals surface area contributed by atoms with Crippen LogP contribution in [0.15, 0.2) is 6.07 Å². The fraction of sp³-hybridized carbons (Fsp3) is 0.733. The fourth-order valence-corrected chi connectivity index (χ4v) is 3.44. The molecule has 2 N–H and O–H groups in total. The molecule has 0 radical (unpaired) electrons. The van der Waals surface area contributed by atoms with Crippen LogP contribution in [0.4, 0.5) is 0 Å². The summed E-state index contributed by atoms with van der Waals surface area (Å²) in [6.45, 7) is 14.1. The number of thiophene rings is 1. The van der Waals surface area contributed by atoms with E-state index in [0.717, 1.165) is 19.0 Å². The lowest BCUT2D eigenvalue weighted by Crippen LogP contribution is -2.36. The SMILES string of the molecule is CCC(C)CN(CC)C(CN)c1cc(C)sc1C. The van der Waals surface area contributed by atoms with Crippen molar-refractivity contribution in [3.8, 4) is 0 Å². The number of nitrogens with zero attached hydrogens (tertiary/aromatic N) is 1. The quantitative estimate of drug-likeness (QED) is 0.816. The van der Waals surface area contributed by atoms with Gasteiger partial charge >= 0.3 is 0 Å². The lowest BCUT2D eigenvalue weighted by molar-refractivity contribution is 0.182. The summed E-state index contributed by atoms with van der Waals surface area (Å²) in [7, 11) is 0. The summed E-state index contributed by atoms with van der Waals surface area (Å²) in [6.07, 6.45) is 1.23. The Morgan fingerprint density at radius 1 is 1.33 bits per heavy atom. The molecule has 0 spiro atoms. The molecule has 3 heteroatoms. The van der Waals surface area contributed by atoms with Crippen LogP contribution in [-0.2, 0) is 0 Å². The maximum absolute atomic E-state index is 6.04. The summed E-state index contributed by atoms with van der Waals surface area (Å²) < 4.78 is 0. The van der Waals surface area contributed by atoms with Gasteiger partial charge in [0.1, 0.15) is 0 Å². The molecule has 0 aromatic carbocycles. The van der Waals surface area contributed by atoms with E-state index in [-0.39, 0.29) is 0 Å². The van der Waals surface area contributed by atoms with Gasteiger partial charge in [-0.15, -0.1) is 11.3 Å². The number of rotatable bonds is 7. The minimum absolute atomic E-state index is 0.383. The topological polar surface area (TPSA) is 29.3 Å². The van der Waals surface area contributed by atoms with Crippen molar-refractivity contribution in [2.75, 3.05) is 19.6 Å². The van der Waals surface area contributed by atoms with Crippen LogP contribution in [0.5, 0.6) is 0 Å². The Morgan fingerprint density at radius 2 is 2.00 bits per heavy atom. The van der Waals surface area contributed by atoms with E-state index in [1.165, 1.54) is 21.7 Å². The van der Waals surface area contributed by atoms with Gasteiger partial charge in [-0.25, -0.2) is 0 Å². The molecule has 2 atom stereocenters. The second-order valence-electron chi connectivity index (χ2n) is 5.22. The Kier molecular flexibility index (Phi) is 6.33. The van der Waals surface area contributed by atoms with Crippen molar-refractivity contribution in [3.05, 3.63) is 21.4 Å². The van der Waals surface area contributed by atoms with Crippen molar-refractivity contribution in [2.45, 2.75) is 47.1 Å². The third-order valence-corrected chi connectivity index (χ3v) is 4.73. The largest absolute Gasteiger partial charge is 0.329 e. The predicted octanol–water partition coefficient (Wildman–Crippen LogP) is 3.73. The van der Waals surface area contributed by atoms with E-state index in [2.05, 4.69) is 45.6 Å². The number of nitrogens with two attached hydrogens (primary N) is 1. The highest BCUT2D eigenvalue weighted by molar-refractivity contribution is 7.12. The summed E-state index contributed by atoms with van der Waals surface area (Å²) in [5, 5.41) is 0. The van der Waals surface area contributed by atoms with Crippen molar-refractivity contribution in [2.24, 2.45) is 11.7 Å². The molecule has 1 heterocycles. The maximum atomic E-state index is 6.04. The van der Waals surface area contributed by atoms with Crippen LogP contribution in [0.2, 0.25) is 0 Å². The van der Waals surface area contributed by atoms with Gasteiger partial charge in [0.05, 0.1) is 0 Å². The first-order valence-corrected chi connectivity index (χ1v) is 7.86. The zero-order chi connectivity index (χ0) is 13.7. The normalized spacial score (nSPS) is 15.1. The summed E-state index contributed by atoms with van der Waals surface area (Å²) in [5.74, 6) is 0.735. The standard InChI is InChI=1S/C15H28N2S/c1-6-11(3)10-17(7-2)15(9-16)14-8-12(4)18-13(14)5/h8,11,15H,6-7,9-10,16H2,1-5H3. The van der Waals surface area contributed by atoms with Crippen LogP contribution >= 0.6 is 11.3 Å². The molecule has 1 aromatic heterocycles. The monoisotopic (exact) mass is 268 g/mol. The first kappa shape index (κ1) is 15.7. The average Bonchev–Trinajstić information content (AvgIpc) is 2.68. The van der Waals surface area contributed by atoms with Crippen molar-refractivity contribution >= 4 is 11.3 Å². The van der Waals surface area contributed by atoms with Crippen molar-refractivity contribution < 1.29 is 0 Å².